The largest absolute Gasteiger partial charge is 0.297 e. The minimum Gasteiger partial charge on any atom is -0.297 e. The molecule has 6 heteroatoms. The Bertz CT molecular complexity index is 697. The highest BCUT2D eigenvalue weighted by Gasteiger charge is 2.16. The molecule has 0 aliphatic carbocycles. The lowest BCUT2D eigenvalue weighted by atomic mass is 10.2. The van der Waals surface area contributed by atoms with Crippen molar-refractivity contribution < 1.29 is 4.79 Å². The third-order valence-corrected chi connectivity index (χ3v) is 5.15. The summed E-state index contributed by atoms with van der Waals surface area (Å²) in [6.45, 7) is 1.90. The van der Waals surface area contributed by atoms with Gasteiger partial charge in [0.2, 0.25) is 0 Å². The van der Waals surface area contributed by atoms with Crippen molar-refractivity contribution in [3.05, 3.63) is 44.3 Å². The molecular weight excluding hydrogens is 288 g/mol. The van der Waals surface area contributed by atoms with Crippen LogP contribution in [0.15, 0.2) is 23.2 Å². The Morgan fingerprint density at radius 2 is 2.33 bits per heavy atom. The van der Waals surface area contributed by atoms with Crippen LogP contribution in [-0.2, 0) is 6.42 Å². The van der Waals surface area contributed by atoms with E-state index in [-0.39, 0.29) is 5.78 Å². The maximum absolute atomic E-state index is 12.1. The first-order valence-corrected chi connectivity index (χ1v) is 7.47. The van der Waals surface area contributed by atoms with Crippen molar-refractivity contribution in [2.45, 2.75) is 13.3 Å². The molecular formula is C12H9ClN2OS2. The number of fused-ring (bicyclic) bond motifs is 1. The van der Waals surface area contributed by atoms with Gasteiger partial charge in [0, 0.05) is 17.8 Å². The number of hydrogen-bond donors (Lipinski definition) is 0. The minimum atomic E-state index is 0.0313. The van der Waals surface area contributed by atoms with Gasteiger partial charge in [0.05, 0.1) is 22.0 Å². The van der Waals surface area contributed by atoms with Crippen molar-refractivity contribution in [2.75, 3.05) is 0 Å². The summed E-state index contributed by atoms with van der Waals surface area (Å²) in [6.07, 6.45) is 4.12. The molecule has 3 aromatic rings. The number of halogens is 1. The first kappa shape index (κ1) is 11.9. The summed E-state index contributed by atoms with van der Waals surface area (Å²) in [6, 6.07) is 0. The molecule has 0 unspecified atom stereocenters. The van der Waals surface area contributed by atoms with E-state index in [0.717, 1.165) is 16.2 Å². The number of carbonyl (C=O) groups excluding carboxylic acids is 1. The molecule has 3 heterocycles. The highest BCUT2D eigenvalue weighted by atomic mass is 35.5. The number of nitrogens with zero attached hydrogens (tertiary/aromatic N) is 2. The molecule has 0 fully saturated rings. The van der Waals surface area contributed by atoms with E-state index in [1.54, 1.807) is 11.3 Å². The Morgan fingerprint density at radius 3 is 3.00 bits per heavy atom. The molecule has 0 aromatic carbocycles. The van der Waals surface area contributed by atoms with E-state index in [1.807, 2.05) is 34.5 Å². The van der Waals surface area contributed by atoms with Gasteiger partial charge in [0.25, 0.3) is 0 Å². The molecule has 3 nitrogen and oxygen atoms in total. The van der Waals surface area contributed by atoms with Crippen molar-refractivity contribution in [2.24, 2.45) is 0 Å². The summed E-state index contributed by atoms with van der Waals surface area (Å²) in [5, 5.41) is 4.44. The minimum absolute atomic E-state index is 0.0313. The van der Waals surface area contributed by atoms with Gasteiger partial charge in [-0.25, -0.2) is 4.98 Å². The molecule has 0 N–H and O–H groups in total. The zero-order valence-corrected chi connectivity index (χ0v) is 11.9. The first-order valence-electron chi connectivity index (χ1n) is 5.33. The van der Waals surface area contributed by atoms with Crippen molar-refractivity contribution in [1.82, 2.24) is 9.38 Å². The van der Waals surface area contributed by atoms with Gasteiger partial charge in [-0.2, -0.15) is 0 Å². The lowest BCUT2D eigenvalue weighted by Gasteiger charge is -1.96. The number of imidazole rings is 1. The van der Waals surface area contributed by atoms with Crippen molar-refractivity contribution in [1.29, 1.82) is 0 Å². The summed E-state index contributed by atoms with van der Waals surface area (Å²) >= 11 is 9.05. The quantitative estimate of drug-likeness (QED) is 0.688. The monoisotopic (exact) mass is 296 g/mol. The molecule has 0 aliphatic heterocycles. The predicted molar refractivity (Wildman–Crippen MR) is 75.2 cm³/mol. The van der Waals surface area contributed by atoms with Crippen LogP contribution in [0.2, 0.25) is 5.02 Å². The van der Waals surface area contributed by atoms with Crippen LogP contribution < -0.4 is 0 Å². The highest BCUT2D eigenvalue weighted by Crippen LogP contribution is 2.28. The van der Waals surface area contributed by atoms with Gasteiger partial charge in [0.1, 0.15) is 0 Å². The summed E-state index contributed by atoms with van der Waals surface area (Å²) in [5.41, 5.74) is 1.74. The lowest BCUT2D eigenvalue weighted by Crippen LogP contribution is -2.02. The van der Waals surface area contributed by atoms with Gasteiger partial charge in [0.15, 0.2) is 10.7 Å². The van der Waals surface area contributed by atoms with Gasteiger partial charge < -0.3 is 0 Å². The van der Waals surface area contributed by atoms with Crippen molar-refractivity contribution in [3.63, 3.8) is 0 Å². The number of ketones is 1. The normalized spacial score (nSPS) is 11.2. The highest BCUT2D eigenvalue weighted by molar-refractivity contribution is 7.15. The van der Waals surface area contributed by atoms with Crippen LogP contribution in [0, 0.1) is 6.92 Å². The molecule has 3 aromatic heterocycles. The van der Waals surface area contributed by atoms with Gasteiger partial charge in [-0.15, -0.1) is 22.7 Å². The molecule has 18 heavy (non-hydrogen) atoms. The average molecular weight is 297 g/mol. The molecule has 0 saturated carbocycles. The molecule has 3 rings (SSSR count). The lowest BCUT2D eigenvalue weighted by molar-refractivity contribution is 0.0996. The molecule has 0 amide bonds. The van der Waals surface area contributed by atoms with Crippen LogP contribution in [0.3, 0.4) is 0 Å². The van der Waals surface area contributed by atoms with E-state index in [1.165, 1.54) is 11.3 Å². The molecule has 92 valence electrons. The molecule has 0 saturated heterocycles. The van der Waals surface area contributed by atoms with Crippen LogP contribution >= 0.6 is 34.3 Å². The fraction of sp³-hybridized carbons (Fsp3) is 0.167. The summed E-state index contributed by atoms with van der Waals surface area (Å²) in [4.78, 5) is 18.1. The van der Waals surface area contributed by atoms with E-state index < -0.39 is 0 Å². The summed E-state index contributed by atoms with van der Waals surface area (Å²) in [5.74, 6) is 0.0313. The number of hydrogen-bond acceptors (Lipinski definition) is 4. The van der Waals surface area contributed by atoms with Crippen LogP contribution in [0.5, 0.6) is 0 Å². The Labute approximate surface area is 117 Å². The second-order valence-corrected chi connectivity index (χ2v) is 6.12. The second kappa shape index (κ2) is 4.50. The summed E-state index contributed by atoms with van der Waals surface area (Å²) in [7, 11) is 0. The summed E-state index contributed by atoms with van der Waals surface area (Å²) < 4.78 is 1.93. The molecule has 0 bridgehead atoms. The second-order valence-electron chi connectivity index (χ2n) is 3.99. The van der Waals surface area contributed by atoms with Crippen molar-refractivity contribution in [3.8, 4) is 0 Å². The first-order chi connectivity index (χ1) is 8.65. The van der Waals surface area contributed by atoms with Gasteiger partial charge in [-0.3, -0.25) is 9.20 Å². The molecule has 0 radical (unpaired) electrons. The molecule has 0 spiro atoms. The van der Waals surface area contributed by atoms with E-state index in [2.05, 4.69) is 4.98 Å². The van der Waals surface area contributed by atoms with Gasteiger partial charge >= 0.3 is 0 Å². The third kappa shape index (κ3) is 1.98. The van der Waals surface area contributed by atoms with E-state index >= 15 is 0 Å². The van der Waals surface area contributed by atoms with Gasteiger partial charge in [-0.05, 0) is 17.9 Å². The Kier molecular flexibility index (Phi) is 2.97. The molecule has 0 atom stereocenters. The predicted octanol–water partition coefficient (Wildman–Crippen LogP) is 3.84. The average Bonchev–Trinajstić information content (AvgIpc) is 2.96. The third-order valence-electron chi connectivity index (χ3n) is 2.64. The number of Topliss-reactive ketones (excluding diaryl/α,β-unsaturated/α-hetero) is 1. The number of thiophene rings is 1. The van der Waals surface area contributed by atoms with Crippen LogP contribution in [0.4, 0.5) is 0 Å². The standard InChI is InChI=1S/C12H9ClN2OS2/c1-7-6-18-11(10(7)13)9(16)4-8-5-15-2-3-17-12(15)14-8/h2-3,5-6H,4H2,1H3. The maximum Gasteiger partial charge on any atom is 0.193 e. The van der Waals surface area contributed by atoms with E-state index in [4.69, 9.17) is 11.6 Å². The van der Waals surface area contributed by atoms with Crippen LogP contribution in [0.1, 0.15) is 20.9 Å². The SMILES string of the molecule is Cc1csc(C(=O)Cc2cn3ccsc3n2)c1Cl. The topological polar surface area (TPSA) is 34.4 Å². The Morgan fingerprint density at radius 1 is 1.50 bits per heavy atom. The number of carbonyl (C=O) groups is 1. The maximum atomic E-state index is 12.1. The van der Waals surface area contributed by atoms with Gasteiger partial charge in [-0.1, -0.05) is 11.6 Å². The van der Waals surface area contributed by atoms with E-state index in [9.17, 15) is 4.79 Å². The number of thiazole rings is 1. The number of rotatable bonds is 3. The zero-order valence-electron chi connectivity index (χ0n) is 9.51. The zero-order chi connectivity index (χ0) is 12.7. The Balaban J connectivity index is 1.86. The number of aryl methyl sites for hydroxylation is 1. The fourth-order valence-electron chi connectivity index (χ4n) is 1.72. The number of aromatic nitrogens is 2. The Hall–Kier alpha value is -1.17. The van der Waals surface area contributed by atoms with Crippen LogP contribution in [-0.4, -0.2) is 15.2 Å². The smallest absolute Gasteiger partial charge is 0.193 e. The van der Waals surface area contributed by atoms with E-state index in [0.29, 0.717) is 16.3 Å². The van der Waals surface area contributed by atoms with Crippen LogP contribution in [0.25, 0.3) is 4.96 Å². The molecule has 0 aliphatic rings. The van der Waals surface area contributed by atoms with Crippen molar-refractivity contribution >= 4 is 45.0 Å². The fourth-order valence-corrected chi connectivity index (χ4v) is 3.68.